The SMILES string of the molecule is Cc1ccc(N[C@H](C)C(=O)Nc2ccccc2)cc1F. The molecule has 20 heavy (non-hydrogen) atoms. The van der Waals surface area contributed by atoms with Crippen LogP contribution in [0.2, 0.25) is 0 Å². The van der Waals surface area contributed by atoms with Gasteiger partial charge in [-0.3, -0.25) is 4.79 Å². The summed E-state index contributed by atoms with van der Waals surface area (Å²) < 4.78 is 13.4. The monoisotopic (exact) mass is 272 g/mol. The molecule has 0 saturated heterocycles. The molecule has 2 aromatic carbocycles. The number of hydrogen-bond donors (Lipinski definition) is 2. The van der Waals surface area contributed by atoms with Gasteiger partial charge in [0.05, 0.1) is 0 Å². The molecule has 104 valence electrons. The molecule has 0 bridgehead atoms. The lowest BCUT2D eigenvalue weighted by molar-refractivity contribution is -0.116. The standard InChI is InChI=1S/C16H17FN2O/c1-11-8-9-14(10-15(11)17)18-12(2)16(20)19-13-6-4-3-5-7-13/h3-10,12,18H,1-2H3,(H,19,20)/t12-/m1/s1. The number of para-hydroxylation sites is 1. The van der Waals surface area contributed by atoms with E-state index in [0.29, 0.717) is 11.3 Å². The van der Waals surface area contributed by atoms with Crippen LogP contribution in [0.4, 0.5) is 15.8 Å². The van der Waals surface area contributed by atoms with Crippen LogP contribution in [0.5, 0.6) is 0 Å². The molecule has 0 aromatic heterocycles. The van der Waals surface area contributed by atoms with Gasteiger partial charge in [-0.2, -0.15) is 0 Å². The number of hydrogen-bond acceptors (Lipinski definition) is 2. The first kappa shape index (κ1) is 14.1. The van der Waals surface area contributed by atoms with E-state index in [-0.39, 0.29) is 11.7 Å². The molecule has 0 fully saturated rings. The van der Waals surface area contributed by atoms with Crippen LogP contribution in [0.15, 0.2) is 48.5 Å². The molecule has 2 rings (SSSR count). The summed E-state index contributed by atoms with van der Waals surface area (Å²) in [6.45, 7) is 3.43. The molecule has 0 heterocycles. The molecule has 2 aromatic rings. The van der Waals surface area contributed by atoms with E-state index in [9.17, 15) is 9.18 Å². The van der Waals surface area contributed by atoms with E-state index in [1.54, 1.807) is 26.0 Å². The fourth-order valence-electron chi connectivity index (χ4n) is 1.77. The predicted molar refractivity (Wildman–Crippen MR) is 79.3 cm³/mol. The normalized spacial score (nSPS) is 11.8. The topological polar surface area (TPSA) is 41.1 Å². The Morgan fingerprint density at radius 2 is 1.80 bits per heavy atom. The summed E-state index contributed by atoms with van der Waals surface area (Å²) >= 11 is 0. The number of benzene rings is 2. The minimum Gasteiger partial charge on any atom is -0.374 e. The maximum Gasteiger partial charge on any atom is 0.246 e. The Labute approximate surface area is 117 Å². The van der Waals surface area contributed by atoms with Gasteiger partial charge in [-0.1, -0.05) is 24.3 Å². The average Bonchev–Trinajstić information content (AvgIpc) is 2.44. The van der Waals surface area contributed by atoms with Crippen molar-refractivity contribution < 1.29 is 9.18 Å². The Kier molecular flexibility index (Phi) is 4.35. The third kappa shape index (κ3) is 3.57. The van der Waals surface area contributed by atoms with Crippen molar-refractivity contribution in [1.82, 2.24) is 0 Å². The first-order valence-corrected chi connectivity index (χ1v) is 6.45. The number of carbonyl (C=O) groups is 1. The maximum atomic E-state index is 13.4. The van der Waals surface area contributed by atoms with Crippen molar-refractivity contribution in [2.24, 2.45) is 0 Å². The van der Waals surface area contributed by atoms with Crippen LogP contribution >= 0.6 is 0 Å². The zero-order chi connectivity index (χ0) is 14.5. The highest BCUT2D eigenvalue weighted by atomic mass is 19.1. The van der Waals surface area contributed by atoms with Crippen molar-refractivity contribution in [2.45, 2.75) is 19.9 Å². The lowest BCUT2D eigenvalue weighted by Gasteiger charge is -2.15. The van der Waals surface area contributed by atoms with Crippen LogP contribution in [-0.2, 0) is 4.79 Å². The number of aryl methyl sites for hydroxylation is 1. The number of rotatable bonds is 4. The molecule has 0 aliphatic heterocycles. The molecular weight excluding hydrogens is 255 g/mol. The molecular formula is C16H17FN2O. The first-order valence-electron chi connectivity index (χ1n) is 6.45. The van der Waals surface area contributed by atoms with Gasteiger partial charge in [0, 0.05) is 11.4 Å². The third-order valence-electron chi connectivity index (χ3n) is 2.99. The quantitative estimate of drug-likeness (QED) is 0.893. The molecule has 0 radical (unpaired) electrons. The molecule has 3 nitrogen and oxygen atoms in total. The summed E-state index contributed by atoms with van der Waals surface area (Å²) in [5.74, 6) is -0.456. The van der Waals surface area contributed by atoms with Gasteiger partial charge in [0.1, 0.15) is 11.9 Å². The molecule has 0 unspecified atom stereocenters. The van der Waals surface area contributed by atoms with Gasteiger partial charge in [0.2, 0.25) is 5.91 Å². The van der Waals surface area contributed by atoms with E-state index in [4.69, 9.17) is 0 Å². The number of halogens is 1. The molecule has 1 amide bonds. The van der Waals surface area contributed by atoms with Crippen LogP contribution in [0, 0.1) is 12.7 Å². The van der Waals surface area contributed by atoms with E-state index in [1.807, 2.05) is 30.3 Å². The van der Waals surface area contributed by atoms with E-state index in [0.717, 1.165) is 5.69 Å². The molecule has 2 N–H and O–H groups in total. The highest BCUT2D eigenvalue weighted by molar-refractivity contribution is 5.96. The van der Waals surface area contributed by atoms with Crippen molar-refractivity contribution in [2.75, 3.05) is 10.6 Å². The lowest BCUT2D eigenvalue weighted by atomic mass is 10.2. The van der Waals surface area contributed by atoms with Crippen LogP contribution in [0.3, 0.4) is 0 Å². The highest BCUT2D eigenvalue weighted by Crippen LogP contribution is 2.15. The van der Waals surface area contributed by atoms with E-state index in [1.165, 1.54) is 6.07 Å². The van der Waals surface area contributed by atoms with Crippen molar-refractivity contribution >= 4 is 17.3 Å². The lowest BCUT2D eigenvalue weighted by Crippen LogP contribution is -2.31. The molecule has 1 atom stereocenters. The first-order chi connectivity index (χ1) is 9.56. The van der Waals surface area contributed by atoms with Crippen LogP contribution in [0.25, 0.3) is 0 Å². The number of amides is 1. The van der Waals surface area contributed by atoms with Crippen molar-refractivity contribution in [3.05, 3.63) is 59.9 Å². The highest BCUT2D eigenvalue weighted by Gasteiger charge is 2.13. The Morgan fingerprint density at radius 1 is 1.10 bits per heavy atom. The number of anilines is 2. The fourth-order valence-corrected chi connectivity index (χ4v) is 1.77. The predicted octanol–water partition coefficient (Wildman–Crippen LogP) is 3.57. The van der Waals surface area contributed by atoms with Gasteiger partial charge < -0.3 is 10.6 Å². The zero-order valence-corrected chi connectivity index (χ0v) is 11.5. The Balaban J connectivity index is 1.98. The minimum atomic E-state index is -0.461. The van der Waals surface area contributed by atoms with Gasteiger partial charge in [-0.25, -0.2) is 4.39 Å². The second-order valence-electron chi connectivity index (χ2n) is 4.69. The van der Waals surface area contributed by atoms with Gasteiger partial charge in [-0.05, 0) is 43.7 Å². The summed E-state index contributed by atoms with van der Waals surface area (Å²) in [7, 11) is 0. The van der Waals surface area contributed by atoms with Crippen LogP contribution in [-0.4, -0.2) is 11.9 Å². The largest absolute Gasteiger partial charge is 0.374 e. The molecule has 0 saturated carbocycles. The zero-order valence-electron chi connectivity index (χ0n) is 11.5. The fraction of sp³-hybridized carbons (Fsp3) is 0.188. The summed E-state index contributed by atoms with van der Waals surface area (Å²) in [6, 6.07) is 13.6. The number of carbonyl (C=O) groups excluding carboxylic acids is 1. The van der Waals surface area contributed by atoms with Gasteiger partial charge in [0.15, 0.2) is 0 Å². The Hall–Kier alpha value is -2.36. The van der Waals surface area contributed by atoms with E-state index >= 15 is 0 Å². The van der Waals surface area contributed by atoms with Crippen LogP contribution in [0.1, 0.15) is 12.5 Å². The Bertz CT molecular complexity index is 599. The van der Waals surface area contributed by atoms with Gasteiger partial charge >= 0.3 is 0 Å². The van der Waals surface area contributed by atoms with Gasteiger partial charge in [0.25, 0.3) is 0 Å². The van der Waals surface area contributed by atoms with Crippen molar-refractivity contribution in [3.63, 3.8) is 0 Å². The summed E-state index contributed by atoms with van der Waals surface area (Å²) in [5.41, 5.74) is 1.90. The summed E-state index contributed by atoms with van der Waals surface area (Å²) in [4.78, 5) is 12.0. The summed E-state index contributed by atoms with van der Waals surface area (Å²) in [5, 5.41) is 5.77. The van der Waals surface area contributed by atoms with E-state index < -0.39 is 6.04 Å². The molecule has 0 aliphatic carbocycles. The Morgan fingerprint density at radius 3 is 2.45 bits per heavy atom. The third-order valence-corrected chi connectivity index (χ3v) is 2.99. The van der Waals surface area contributed by atoms with Crippen LogP contribution < -0.4 is 10.6 Å². The second kappa shape index (κ2) is 6.19. The van der Waals surface area contributed by atoms with Crippen molar-refractivity contribution in [1.29, 1.82) is 0 Å². The number of nitrogens with one attached hydrogen (secondary N) is 2. The van der Waals surface area contributed by atoms with E-state index in [2.05, 4.69) is 10.6 Å². The second-order valence-corrected chi connectivity index (χ2v) is 4.69. The molecule has 4 heteroatoms. The van der Waals surface area contributed by atoms with Gasteiger partial charge in [-0.15, -0.1) is 0 Å². The molecule has 0 spiro atoms. The molecule has 0 aliphatic rings. The maximum absolute atomic E-state index is 13.4. The minimum absolute atomic E-state index is 0.169. The smallest absolute Gasteiger partial charge is 0.246 e. The average molecular weight is 272 g/mol. The van der Waals surface area contributed by atoms with Crippen molar-refractivity contribution in [3.8, 4) is 0 Å². The summed E-state index contributed by atoms with van der Waals surface area (Å²) in [6.07, 6.45) is 0.